The van der Waals surface area contributed by atoms with Gasteiger partial charge < -0.3 is 14.0 Å². The zero-order valence-corrected chi connectivity index (χ0v) is 21.1. The van der Waals surface area contributed by atoms with E-state index >= 15 is 0 Å². The van der Waals surface area contributed by atoms with Gasteiger partial charge in [0, 0.05) is 24.0 Å². The molecule has 0 bridgehead atoms. The molecule has 0 amide bonds. The fourth-order valence-electron chi connectivity index (χ4n) is 4.31. The molecule has 8 heteroatoms. The molecule has 0 unspecified atom stereocenters. The van der Waals surface area contributed by atoms with Crippen LogP contribution in [0.4, 0.5) is 0 Å². The Kier molecular flexibility index (Phi) is 6.96. The van der Waals surface area contributed by atoms with Crippen LogP contribution >= 0.6 is 0 Å². The van der Waals surface area contributed by atoms with Crippen LogP contribution in [-0.2, 0) is 16.6 Å². The number of benzene rings is 2. The van der Waals surface area contributed by atoms with Crippen molar-refractivity contribution in [3.8, 4) is 17.1 Å². The quantitative estimate of drug-likeness (QED) is 0.277. The number of aromatic nitrogens is 3. The maximum absolute atomic E-state index is 13.5. The van der Waals surface area contributed by atoms with Crippen molar-refractivity contribution in [2.75, 3.05) is 13.2 Å². The third-order valence-electron chi connectivity index (χ3n) is 6.19. The zero-order valence-electron chi connectivity index (χ0n) is 21.1. The fraction of sp³-hybridized carbons (Fsp3) is 0.250. The summed E-state index contributed by atoms with van der Waals surface area (Å²) in [5.41, 5.74) is 4.53. The number of ether oxygens (including phenoxy) is 2. The van der Waals surface area contributed by atoms with Gasteiger partial charge in [-0.1, -0.05) is 30.3 Å². The number of nitrogens with zero attached hydrogens (tertiary/aromatic N) is 3. The van der Waals surface area contributed by atoms with Crippen molar-refractivity contribution in [1.82, 2.24) is 13.9 Å². The summed E-state index contributed by atoms with van der Waals surface area (Å²) in [6, 6.07) is 18.4. The highest BCUT2D eigenvalue weighted by molar-refractivity contribution is 5.99. The smallest absolute Gasteiger partial charge is 0.344 e. The number of para-hydroxylation sites is 1. The lowest BCUT2D eigenvalue weighted by Crippen LogP contribution is -2.22. The van der Waals surface area contributed by atoms with E-state index in [1.165, 1.54) is 0 Å². The number of hydrogen-bond acceptors (Lipinski definition) is 5. The van der Waals surface area contributed by atoms with Crippen LogP contribution in [0.5, 0.6) is 5.75 Å². The molecule has 0 saturated carbocycles. The average molecular weight is 488 g/mol. The predicted molar refractivity (Wildman–Crippen MR) is 137 cm³/mol. The Balaban J connectivity index is 1.53. The van der Waals surface area contributed by atoms with Crippen LogP contribution in [0.15, 0.2) is 65.5 Å². The first-order chi connectivity index (χ1) is 17.2. The molecule has 4 rings (SSSR count). The molecule has 0 spiro atoms. The molecule has 0 N–H and O–H groups in total. The van der Waals surface area contributed by atoms with E-state index in [1.807, 2.05) is 76.3 Å². The number of hydrogen-bond donors (Lipinski definition) is 0. The van der Waals surface area contributed by atoms with E-state index in [-0.39, 0.29) is 17.9 Å². The molecule has 0 radical (unpaired) electrons. The number of rotatable bonds is 8. The Bertz CT molecular complexity index is 1490. The lowest BCUT2D eigenvalue weighted by molar-refractivity contribution is -0.144. The summed E-state index contributed by atoms with van der Waals surface area (Å²) in [5.74, 6) is -0.431. The first-order valence-electron chi connectivity index (χ1n) is 11.6. The van der Waals surface area contributed by atoms with Crippen LogP contribution < -0.4 is 10.3 Å². The minimum Gasteiger partial charge on any atom is -0.482 e. The van der Waals surface area contributed by atoms with Gasteiger partial charge in [-0.3, -0.25) is 14.3 Å². The van der Waals surface area contributed by atoms with E-state index in [1.54, 1.807) is 33.0 Å². The van der Waals surface area contributed by atoms with Crippen LogP contribution in [0.3, 0.4) is 0 Å². The lowest BCUT2D eigenvalue weighted by Gasteiger charge is -2.09. The molecule has 2 aromatic carbocycles. The molecular formula is C28H29N3O5. The third kappa shape index (κ3) is 4.75. The van der Waals surface area contributed by atoms with Crippen molar-refractivity contribution in [1.29, 1.82) is 0 Å². The molecule has 0 saturated heterocycles. The van der Waals surface area contributed by atoms with Crippen molar-refractivity contribution in [3.63, 3.8) is 0 Å². The highest BCUT2D eigenvalue weighted by Crippen LogP contribution is 2.23. The van der Waals surface area contributed by atoms with Gasteiger partial charge in [-0.2, -0.15) is 0 Å². The number of carbonyl (C=O) groups is 2. The second-order valence-corrected chi connectivity index (χ2v) is 8.72. The van der Waals surface area contributed by atoms with Crippen molar-refractivity contribution in [2.45, 2.75) is 27.7 Å². The van der Waals surface area contributed by atoms with Crippen molar-refractivity contribution >= 4 is 11.8 Å². The average Bonchev–Trinajstić information content (AvgIpc) is 3.27. The molecule has 186 valence electrons. The number of Topliss-reactive ketones (excluding diaryl/α,β-unsaturated/α-hetero) is 1. The first kappa shape index (κ1) is 24.8. The van der Waals surface area contributed by atoms with Crippen molar-refractivity contribution in [2.24, 2.45) is 7.05 Å². The molecule has 8 nitrogen and oxygen atoms in total. The molecule has 36 heavy (non-hydrogen) atoms. The summed E-state index contributed by atoms with van der Waals surface area (Å²) in [6.07, 6.45) is 0. The molecule has 0 atom stereocenters. The monoisotopic (exact) mass is 487 g/mol. The van der Waals surface area contributed by atoms with Gasteiger partial charge in [0.25, 0.3) is 5.56 Å². The Morgan fingerprint density at radius 1 is 0.861 bits per heavy atom. The second kappa shape index (κ2) is 10.1. The fourth-order valence-corrected chi connectivity index (χ4v) is 4.31. The van der Waals surface area contributed by atoms with Crippen molar-refractivity contribution < 1.29 is 19.1 Å². The SMILES string of the molecule is Cc1cccc(OCC(=O)OCC(=O)c2cc(C)n(-c3c(C)n(C)n(-c4ccccc4)c3=O)c2C)c1. The Morgan fingerprint density at radius 2 is 1.58 bits per heavy atom. The van der Waals surface area contributed by atoms with E-state index in [9.17, 15) is 14.4 Å². The molecule has 4 aromatic rings. The maximum Gasteiger partial charge on any atom is 0.344 e. The highest BCUT2D eigenvalue weighted by atomic mass is 16.6. The normalized spacial score (nSPS) is 10.9. The number of ketones is 1. The summed E-state index contributed by atoms with van der Waals surface area (Å²) in [5, 5.41) is 0. The summed E-state index contributed by atoms with van der Waals surface area (Å²) < 4.78 is 15.8. The van der Waals surface area contributed by atoms with Crippen molar-refractivity contribution in [3.05, 3.63) is 99.2 Å². The Labute approximate surface area is 209 Å². The molecule has 0 aliphatic rings. The van der Waals surface area contributed by atoms with Gasteiger partial charge in [-0.25, -0.2) is 9.48 Å². The molecule has 2 heterocycles. The summed E-state index contributed by atoms with van der Waals surface area (Å²) >= 11 is 0. The molecule has 2 aromatic heterocycles. The van der Waals surface area contributed by atoms with Gasteiger partial charge in [-0.15, -0.1) is 0 Å². The lowest BCUT2D eigenvalue weighted by atomic mass is 10.1. The van der Waals surface area contributed by atoms with E-state index in [0.29, 0.717) is 22.7 Å². The van der Waals surface area contributed by atoms with E-state index in [0.717, 1.165) is 22.6 Å². The van der Waals surface area contributed by atoms with Gasteiger partial charge in [0.2, 0.25) is 5.78 Å². The maximum atomic E-state index is 13.5. The number of aryl methyl sites for hydroxylation is 2. The van der Waals surface area contributed by atoms with Gasteiger partial charge in [0.15, 0.2) is 13.2 Å². The Morgan fingerprint density at radius 3 is 2.28 bits per heavy atom. The number of carbonyl (C=O) groups excluding carboxylic acids is 2. The second-order valence-electron chi connectivity index (χ2n) is 8.72. The topological polar surface area (TPSA) is 84.5 Å². The highest BCUT2D eigenvalue weighted by Gasteiger charge is 2.24. The van der Waals surface area contributed by atoms with Crippen LogP contribution in [0.25, 0.3) is 11.4 Å². The predicted octanol–water partition coefficient (Wildman–Crippen LogP) is 4.01. The molecular weight excluding hydrogens is 458 g/mol. The van der Waals surface area contributed by atoms with Crippen LogP contribution in [0.2, 0.25) is 0 Å². The van der Waals surface area contributed by atoms with Crippen LogP contribution in [0, 0.1) is 27.7 Å². The number of esters is 1. The molecule has 0 aliphatic heterocycles. The minimum absolute atomic E-state index is 0.193. The van der Waals surface area contributed by atoms with Gasteiger partial charge in [-0.05, 0) is 63.6 Å². The summed E-state index contributed by atoms with van der Waals surface area (Å²) in [4.78, 5) is 38.5. The van der Waals surface area contributed by atoms with E-state index in [2.05, 4.69) is 0 Å². The van der Waals surface area contributed by atoms with Gasteiger partial charge >= 0.3 is 5.97 Å². The largest absolute Gasteiger partial charge is 0.482 e. The standard InChI is InChI=1S/C28H29N3O5/c1-18-10-9-13-23(14-18)35-17-26(33)36-16-25(32)24-15-19(2)30(20(24)3)27-21(4)29(5)31(28(27)34)22-11-7-6-8-12-22/h6-15H,16-17H2,1-5H3. The molecule has 0 aliphatic carbocycles. The minimum atomic E-state index is -0.636. The van der Waals surface area contributed by atoms with Gasteiger partial charge in [0.1, 0.15) is 11.4 Å². The van der Waals surface area contributed by atoms with E-state index < -0.39 is 12.6 Å². The van der Waals surface area contributed by atoms with E-state index in [4.69, 9.17) is 9.47 Å². The van der Waals surface area contributed by atoms with Crippen LogP contribution in [-0.4, -0.2) is 38.9 Å². The van der Waals surface area contributed by atoms with Gasteiger partial charge in [0.05, 0.1) is 11.4 Å². The Hall–Kier alpha value is -4.33. The summed E-state index contributed by atoms with van der Waals surface area (Å²) in [7, 11) is 1.83. The van der Waals surface area contributed by atoms with Crippen LogP contribution in [0.1, 0.15) is 33.0 Å². The third-order valence-corrected chi connectivity index (χ3v) is 6.19. The molecule has 0 fully saturated rings. The first-order valence-corrected chi connectivity index (χ1v) is 11.6. The summed E-state index contributed by atoms with van der Waals surface area (Å²) in [6.45, 7) is 6.70. The zero-order chi connectivity index (χ0) is 26.0.